The van der Waals surface area contributed by atoms with Crippen LogP contribution in [0.1, 0.15) is 11.1 Å². The Morgan fingerprint density at radius 3 is 3.00 bits per heavy atom. The lowest BCUT2D eigenvalue weighted by molar-refractivity contribution is -0.111. The number of aryl methyl sites for hydroxylation is 1. The third kappa shape index (κ3) is 3.01. The van der Waals surface area contributed by atoms with E-state index in [1.54, 1.807) is 24.7 Å². The highest BCUT2D eigenvalue weighted by Gasteiger charge is 2.02. The largest absolute Gasteiger partial charge is 0.307 e. The fourth-order valence-electron chi connectivity index (χ4n) is 1.28. The topological polar surface area (TPSA) is 70.7 Å². The number of pyridine rings is 1. The summed E-state index contributed by atoms with van der Waals surface area (Å²) in [5.41, 5.74) is 1.78. The van der Waals surface area contributed by atoms with Gasteiger partial charge in [-0.15, -0.1) is 0 Å². The molecule has 0 radical (unpaired) electrons. The van der Waals surface area contributed by atoms with Crippen LogP contribution in [0.3, 0.4) is 0 Å². The summed E-state index contributed by atoms with van der Waals surface area (Å²) in [4.78, 5) is 15.5. The molecule has 17 heavy (non-hydrogen) atoms. The van der Waals surface area contributed by atoms with E-state index in [-0.39, 0.29) is 5.91 Å². The monoisotopic (exact) mass is 228 g/mol. The molecular weight excluding hydrogens is 216 g/mol. The molecule has 0 fully saturated rings. The second kappa shape index (κ2) is 5.07. The first-order valence-corrected chi connectivity index (χ1v) is 5.15. The number of rotatable bonds is 3. The number of aromatic nitrogens is 3. The third-order valence-corrected chi connectivity index (χ3v) is 2.19. The number of carbonyl (C=O) groups is 1. The van der Waals surface area contributed by atoms with Gasteiger partial charge in [0.1, 0.15) is 5.82 Å². The van der Waals surface area contributed by atoms with E-state index in [0.717, 1.165) is 11.1 Å². The molecule has 0 unspecified atom stereocenters. The Kier molecular flexibility index (Phi) is 3.30. The summed E-state index contributed by atoms with van der Waals surface area (Å²) in [7, 11) is 0. The zero-order chi connectivity index (χ0) is 12.1. The second-order valence-electron chi connectivity index (χ2n) is 3.54. The lowest BCUT2D eigenvalue weighted by Crippen LogP contribution is -2.08. The molecule has 2 aromatic rings. The van der Waals surface area contributed by atoms with Gasteiger partial charge in [0, 0.05) is 24.0 Å². The molecule has 0 atom stereocenters. The summed E-state index contributed by atoms with van der Waals surface area (Å²) in [6.45, 7) is 1.87. The average Bonchev–Trinajstić information content (AvgIpc) is 2.74. The van der Waals surface area contributed by atoms with Gasteiger partial charge in [-0.2, -0.15) is 5.10 Å². The van der Waals surface area contributed by atoms with Crippen molar-refractivity contribution in [2.45, 2.75) is 6.92 Å². The average molecular weight is 228 g/mol. The Hall–Kier alpha value is -2.43. The molecule has 0 aliphatic carbocycles. The van der Waals surface area contributed by atoms with Gasteiger partial charge in [-0.05, 0) is 24.6 Å². The van der Waals surface area contributed by atoms with E-state index < -0.39 is 0 Å². The van der Waals surface area contributed by atoms with E-state index in [4.69, 9.17) is 0 Å². The van der Waals surface area contributed by atoms with Crippen molar-refractivity contribution in [2.75, 3.05) is 5.32 Å². The van der Waals surface area contributed by atoms with Gasteiger partial charge in [0.05, 0.1) is 6.20 Å². The number of anilines is 1. The molecule has 0 aliphatic heterocycles. The lowest BCUT2D eigenvalue weighted by Gasteiger charge is -1.98. The van der Waals surface area contributed by atoms with Crippen LogP contribution < -0.4 is 5.32 Å². The molecule has 2 rings (SSSR count). The smallest absolute Gasteiger partial charge is 0.249 e. The highest BCUT2D eigenvalue weighted by Crippen LogP contribution is 2.08. The van der Waals surface area contributed by atoms with Gasteiger partial charge in [-0.25, -0.2) is 0 Å². The van der Waals surface area contributed by atoms with Crippen LogP contribution in [0.4, 0.5) is 5.82 Å². The molecule has 5 heteroatoms. The zero-order valence-corrected chi connectivity index (χ0v) is 9.34. The molecule has 0 spiro atoms. The molecule has 0 bridgehead atoms. The molecule has 0 aromatic carbocycles. The number of aromatic amines is 1. The third-order valence-electron chi connectivity index (χ3n) is 2.19. The predicted molar refractivity (Wildman–Crippen MR) is 65.2 cm³/mol. The Morgan fingerprint density at radius 1 is 1.47 bits per heavy atom. The highest BCUT2D eigenvalue weighted by molar-refractivity contribution is 6.01. The molecule has 5 nitrogen and oxygen atoms in total. The first-order chi connectivity index (χ1) is 8.25. The first kappa shape index (κ1) is 11.1. The van der Waals surface area contributed by atoms with Gasteiger partial charge in [0.2, 0.25) is 5.91 Å². The molecule has 0 saturated heterocycles. The molecule has 1 amide bonds. The minimum Gasteiger partial charge on any atom is -0.307 e. The van der Waals surface area contributed by atoms with Crippen LogP contribution in [-0.4, -0.2) is 21.1 Å². The Bertz CT molecular complexity index is 530. The SMILES string of the molecule is Cc1cn[nH]c1NC(=O)/C=C/c1cccnc1. The fourth-order valence-corrected chi connectivity index (χ4v) is 1.28. The number of nitrogens with zero attached hydrogens (tertiary/aromatic N) is 2. The number of H-pyrrole nitrogens is 1. The number of amides is 1. The van der Waals surface area contributed by atoms with Gasteiger partial charge in [-0.1, -0.05) is 6.07 Å². The summed E-state index contributed by atoms with van der Waals surface area (Å²) in [5, 5.41) is 9.22. The number of carbonyl (C=O) groups excluding carboxylic acids is 1. The lowest BCUT2D eigenvalue weighted by atomic mass is 10.2. The zero-order valence-electron chi connectivity index (χ0n) is 9.34. The van der Waals surface area contributed by atoms with Gasteiger partial charge in [-0.3, -0.25) is 14.9 Å². The summed E-state index contributed by atoms with van der Waals surface area (Å²) in [6.07, 6.45) is 8.18. The van der Waals surface area contributed by atoms with Crippen LogP contribution in [0.25, 0.3) is 6.08 Å². The van der Waals surface area contributed by atoms with Gasteiger partial charge in [0.25, 0.3) is 0 Å². The quantitative estimate of drug-likeness (QED) is 0.786. The van der Waals surface area contributed by atoms with Crippen LogP contribution in [0.5, 0.6) is 0 Å². The van der Waals surface area contributed by atoms with Crippen molar-refractivity contribution >= 4 is 17.8 Å². The molecule has 2 aromatic heterocycles. The van der Waals surface area contributed by atoms with Crippen LogP contribution in [0.2, 0.25) is 0 Å². The standard InChI is InChI=1S/C12H12N4O/c1-9-7-14-16-12(9)15-11(17)5-4-10-3-2-6-13-8-10/h2-8H,1H3,(H2,14,15,16,17)/b5-4+. The number of nitrogens with one attached hydrogen (secondary N) is 2. The van der Waals surface area contributed by atoms with Gasteiger partial charge >= 0.3 is 0 Å². The molecule has 2 heterocycles. The molecule has 0 saturated carbocycles. The molecular formula is C12H12N4O. The van der Waals surface area contributed by atoms with E-state index in [2.05, 4.69) is 20.5 Å². The van der Waals surface area contributed by atoms with Gasteiger partial charge < -0.3 is 5.32 Å². The Balaban J connectivity index is 1.99. The number of hydrogen-bond acceptors (Lipinski definition) is 3. The maximum Gasteiger partial charge on any atom is 0.249 e. The summed E-state index contributed by atoms with van der Waals surface area (Å²) >= 11 is 0. The Morgan fingerprint density at radius 2 is 2.35 bits per heavy atom. The van der Waals surface area contributed by atoms with E-state index in [9.17, 15) is 4.79 Å². The van der Waals surface area contributed by atoms with Crippen molar-refractivity contribution in [2.24, 2.45) is 0 Å². The summed E-state index contributed by atoms with van der Waals surface area (Å²) in [5.74, 6) is 0.409. The predicted octanol–water partition coefficient (Wildman–Crippen LogP) is 1.77. The van der Waals surface area contributed by atoms with Crippen molar-refractivity contribution < 1.29 is 4.79 Å². The second-order valence-corrected chi connectivity index (χ2v) is 3.54. The fraction of sp³-hybridized carbons (Fsp3) is 0.0833. The molecule has 86 valence electrons. The minimum absolute atomic E-state index is 0.207. The minimum atomic E-state index is -0.207. The van der Waals surface area contributed by atoms with Crippen LogP contribution in [-0.2, 0) is 4.79 Å². The van der Waals surface area contributed by atoms with Crippen molar-refractivity contribution in [3.05, 3.63) is 47.9 Å². The normalized spacial score (nSPS) is 10.6. The molecule has 2 N–H and O–H groups in total. The Labute approximate surface area is 98.6 Å². The van der Waals surface area contributed by atoms with Crippen LogP contribution in [0, 0.1) is 6.92 Å². The first-order valence-electron chi connectivity index (χ1n) is 5.15. The highest BCUT2D eigenvalue weighted by atomic mass is 16.1. The van der Waals surface area contributed by atoms with Crippen molar-refractivity contribution in [3.63, 3.8) is 0 Å². The van der Waals surface area contributed by atoms with E-state index in [0.29, 0.717) is 5.82 Å². The summed E-state index contributed by atoms with van der Waals surface area (Å²) in [6, 6.07) is 3.69. The van der Waals surface area contributed by atoms with Crippen LogP contribution >= 0.6 is 0 Å². The van der Waals surface area contributed by atoms with Crippen molar-refractivity contribution in [3.8, 4) is 0 Å². The maximum absolute atomic E-state index is 11.6. The van der Waals surface area contributed by atoms with Crippen molar-refractivity contribution in [1.29, 1.82) is 0 Å². The molecule has 0 aliphatic rings. The van der Waals surface area contributed by atoms with E-state index in [1.807, 2.05) is 19.1 Å². The van der Waals surface area contributed by atoms with E-state index >= 15 is 0 Å². The summed E-state index contributed by atoms with van der Waals surface area (Å²) < 4.78 is 0. The number of hydrogen-bond donors (Lipinski definition) is 2. The van der Waals surface area contributed by atoms with Gasteiger partial charge in [0.15, 0.2) is 0 Å². The van der Waals surface area contributed by atoms with E-state index in [1.165, 1.54) is 6.08 Å². The van der Waals surface area contributed by atoms with Crippen molar-refractivity contribution in [1.82, 2.24) is 15.2 Å². The maximum atomic E-state index is 11.6. The van der Waals surface area contributed by atoms with Crippen LogP contribution in [0.15, 0.2) is 36.8 Å².